The SMILES string of the molecule is CC(C)(C)NCCCCC1Cc2ccccc2S1. The summed E-state index contributed by atoms with van der Waals surface area (Å²) < 4.78 is 0. The molecule has 1 aliphatic rings. The zero-order valence-corrected chi connectivity index (χ0v) is 12.6. The summed E-state index contributed by atoms with van der Waals surface area (Å²) in [5.74, 6) is 0. The fraction of sp³-hybridized carbons (Fsp3) is 0.625. The van der Waals surface area contributed by atoms with Gasteiger partial charge in [-0.1, -0.05) is 24.6 Å². The Morgan fingerprint density at radius 1 is 1.22 bits per heavy atom. The lowest BCUT2D eigenvalue weighted by molar-refractivity contribution is 0.416. The predicted molar refractivity (Wildman–Crippen MR) is 81.4 cm³/mol. The van der Waals surface area contributed by atoms with E-state index in [-0.39, 0.29) is 5.54 Å². The van der Waals surface area contributed by atoms with E-state index in [9.17, 15) is 0 Å². The van der Waals surface area contributed by atoms with Crippen molar-refractivity contribution < 1.29 is 0 Å². The van der Waals surface area contributed by atoms with Gasteiger partial charge in [0.25, 0.3) is 0 Å². The van der Waals surface area contributed by atoms with Crippen molar-refractivity contribution in [1.82, 2.24) is 5.32 Å². The summed E-state index contributed by atoms with van der Waals surface area (Å²) in [6.07, 6.45) is 5.26. The molecule has 1 N–H and O–H groups in total. The fourth-order valence-electron chi connectivity index (χ4n) is 2.38. The quantitative estimate of drug-likeness (QED) is 0.797. The van der Waals surface area contributed by atoms with E-state index >= 15 is 0 Å². The molecule has 1 nitrogen and oxygen atoms in total. The van der Waals surface area contributed by atoms with E-state index in [1.807, 2.05) is 0 Å². The number of fused-ring (bicyclic) bond motifs is 1. The van der Waals surface area contributed by atoms with Crippen LogP contribution in [0, 0.1) is 0 Å². The Hall–Kier alpha value is -0.470. The topological polar surface area (TPSA) is 12.0 Å². The van der Waals surface area contributed by atoms with Crippen molar-refractivity contribution in [3.05, 3.63) is 29.8 Å². The second-order valence-corrected chi connectivity index (χ2v) is 7.57. The summed E-state index contributed by atoms with van der Waals surface area (Å²) in [4.78, 5) is 1.51. The number of rotatable bonds is 5. The highest BCUT2D eigenvalue weighted by Crippen LogP contribution is 2.38. The molecule has 1 aromatic rings. The third-order valence-electron chi connectivity index (χ3n) is 3.32. The molecule has 0 saturated heterocycles. The number of benzene rings is 1. The zero-order valence-electron chi connectivity index (χ0n) is 11.8. The van der Waals surface area contributed by atoms with E-state index in [0.717, 1.165) is 11.8 Å². The molecule has 0 radical (unpaired) electrons. The van der Waals surface area contributed by atoms with E-state index in [2.05, 4.69) is 62.1 Å². The largest absolute Gasteiger partial charge is 0.312 e. The van der Waals surface area contributed by atoms with Crippen LogP contribution in [-0.4, -0.2) is 17.3 Å². The van der Waals surface area contributed by atoms with Gasteiger partial charge in [0.1, 0.15) is 0 Å². The standard InChI is InChI=1S/C16H25NS/c1-16(2,3)17-11-7-6-9-14-12-13-8-4-5-10-15(13)18-14/h4-5,8,10,14,17H,6-7,9,11-12H2,1-3H3. The monoisotopic (exact) mass is 263 g/mol. The zero-order chi connectivity index (χ0) is 13.0. The normalized spacial score (nSPS) is 18.9. The fourth-order valence-corrected chi connectivity index (χ4v) is 3.74. The summed E-state index contributed by atoms with van der Waals surface area (Å²) in [5.41, 5.74) is 1.82. The molecule has 0 aromatic heterocycles. The Morgan fingerprint density at radius 2 is 2.00 bits per heavy atom. The molecule has 0 aliphatic carbocycles. The minimum absolute atomic E-state index is 0.262. The molecule has 1 aliphatic heterocycles. The van der Waals surface area contributed by atoms with E-state index in [1.54, 1.807) is 5.56 Å². The molecule has 0 saturated carbocycles. The minimum Gasteiger partial charge on any atom is -0.312 e. The van der Waals surface area contributed by atoms with Crippen LogP contribution in [0.3, 0.4) is 0 Å². The van der Waals surface area contributed by atoms with Gasteiger partial charge >= 0.3 is 0 Å². The van der Waals surface area contributed by atoms with Gasteiger partial charge in [-0.3, -0.25) is 0 Å². The van der Waals surface area contributed by atoms with Gasteiger partial charge in [-0.15, -0.1) is 11.8 Å². The molecule has 2 rings (SSSR count). The molecule has 18 heavy (non-hydrogen) atoms. The van der Waals surface area contributed by atoms with Gasteiger partial charge in [-0.05, 0) is 58.2 Å². The second-order valence-electron chi connectivity index (χ2n) is 6.22. The average Bonchev–Trinajstić information content (AvgIpc) is 2.69. The second kappa shape index (κ2) is 6.12. The van der Waals surface area contributed by atoms with Crippen LogP contribution in [0.4, 0.5) is 0 Å². The van der Waals surface area contributed by atoms with Crippen LogP contribution in [0.15, 0.2) is 29.2 Å². The van der Waals surface area contributed by atoms with Crippen molar-refractivity contribution in [3.8, 4) is 0 Å². The van der Waals surface area contributed by atoms with Gasteiger partial charge in [0.2, 0.25) is 0 Å². The van der Waals surface area contributed by atoms with E-state index < -0.39 is 0 Å². The van der Waals surface area contributed by atoms with Crippen LogP contribution in [0.2, 0.25) is 0 Å². The smallest absolute Gasteiger partial charge is 0.0135 e. The molecule has 0 spiro atoms. The summed E-state index contributed by atoms with van der Waals surface area (Å²) in [5, 5.41) is 4.37. The highest BCUT2D eigenvalue weighted by molar-refractivity contribution is 8.00. The highest BCUT2D eigenvalue weighted by Gasteiger charge is 2.20. The molecular weight excluding hydrogens is 238 g/mol. The summed E-state index contributed by atoms with van der Waals surface area (Å²) in [7, 11) is 0. The first-order valence-electron chi connectivity index (χ1n) is 7.04. The molecule has 2 heteroatoms. The molecule has 1 aromatic carbocycles. The first-order chi connectivity index (χ1) is 8.54. The lowest BCUT2D eigenvalue weighted by atomic mass is 10.1. The van der Waals surface area contributed by atoms with Crippen molar-refractivity contribution >= 4 is 11.8 Å². The van der Waals surface area contributed by atoms with Gasteiger partial charge in [0.05, 0.1) is 0 Å². The molecule has 1 unspecified atom stereocenters. The molecular formula is C16H25NS. The van der Waals surface area contributed by atoms with Crippen LogP contribution < -0.4 is 5.32 Å². The number of unbranched alkanes of at least 4 members (excludes halogenated alkanes) is 1. The predicted octanol–water partition coefficient (Wildman–Crippen LogP) is 4.26. The van der Waals surface area contributed by atoms with Crippen LogP contribution >= 0.6 is 11.8 Å². The third-order valence-corrected chi connectivity index (χ3v) is 4.71. The van der Waals surface area contributed by atoms with Crippen molar-refractivity contribution in [2.24, 2.45) is 0 Å². The molecule has 100 valence electrons. The van der Waals surface area contributed by atoms with E-state index in [1.165, 1.54) is 30.6 Å². The number of thioether (sulfide) groups is 1. The maximum Gasteiger partial charge on any atom is 0.0135 e. The first kappa shape index (κ1) is 14.0. The molecule has 1 heterocycles. The van der Waals surface area contributed by atoms with Crippen LogP contribution in [0.25, 0.3) is 0 Å². The minimum atomic E-state index is 0.262. The molecule has 1 atom stereocenters. The molecule has 0 bridgehead atoms. The van der Waals surface area contributed by atoms with Gasteiger partial charge < -0.3 is 5.32 Å². The maximum absolute atomic E-state index is 3.56. The van der Waals surface area contributed by atoms with E-state index in [0.29, 0.717) is 0 Å². The number of nitrogens with one attached hydrogen (secondary N) is 1. The lowest BCUT2D eigenvalue weighted by Crippen LogP contribution is -2.36. The van der Waals surface area contributed by atoms with Crippen molar-refractivity contribution in [2.45, 2.75) is 62.1 Å². The van der Waals surface area contributed by atoms with Gasteiger partial charge in [0, 0.05) is 15.7 Å². The van der Waals surface area contributed by atoms with Crippen LogP contribution in [0.5, 0.6) is 0 Å². The summed E-state index contributed by atoms with van der Waals surface area (Å²) >= 11 is 2.08. The Labute approximate surface area is 116 Å². The van der Waals surface area contributed by atoms with Gasteiger partial charge in [-0.2, -0.15) is 0 Å². The van der Waals surface area contributed by atoms with Crippen molar-refractivity contribution in [3.63, 3.8) is 0 Å². The first-order valence-corrected chi connectivity index (χ1v) is 7.92. The number of hydrogen-bond donors (Lipinski definition) is 1. The van der Waals surface area contributed by atoms with Crippen LogP contribution in [0.1, 0.15) is 45.6 Å². The average molecular weight is 263 g/mol. The van der Waals surface area contributed by atoms with Crippen molar-refractivity contribution in [1.29, 1.82) is 0 Å². The Morgan fingerprint density at radius 3 is 2.72 bits per heavy atom. The Bertz CT molecular complexity index is 356. The van der Waals surface area contributed by atoms with Gasteiger partial charge in [0.15, 0.2) is 0 Å². The third kappa shape index (κ3) is 4.33. The van der Waals surface area contributed by atoms with Crippen LogP contribution in [-0.2, 0) is 6.42 Å². The molecule has 0 fully saturated rings. The Balaban J connectivity index is 1.63. The highest BCUT2D eigenvalue weighted by atomic mass is 32.2. The van der Waals surface area contributed by atoms with E-state index in [4.69, 9.17) is 0 Å². The Kier molecular flexibility index (Phi) is 4.74. The maximum atomic E-state index is 3.56. The lowest BCUT2D eigenvalue weighted by Gasteiger charge is -2.20. The summed E-state index contributed by atoms with van der Waals surface area (Å²) in [6, 6.07) is 8.86. The summed E-state index contributed by atoms with van der Waals surface area (Å²) in [6.45, 7) is 7.84. The number of hydrogen-bond acceptors (Lipinski definition) is 2. The molecule has 0 amide bonds. The van der Waals surface area contributed by atoms with Gasteiger partial charge in [-0.25, -0.2) is 0 Å². The van der Waals surface area contributed by atoms with Crippen molar-refractivity contribution in [2.75, 3.05) is 6.54 Å².